The lowest BCUT2D eigenvalue weighted by molar-refractivity contribution is -0.115. The summed E-state index contributed by atoms with van der Waals surface area (Å²) in [6, 6.07) is 14.5. The maximum Gasteiger partial charge on any atom is 0.230 e. The SMILES string of the molecule is CC(=O)N(c1nc(CN2CCC[C@H](c3nc4ccccc4s3)C2)cs1)c1c(C)cccc1C. The fourth-order valence-electron chi connectivity index (χ4n) is 4.71. The molecule has 0 unspecified atom stereocenters. The Morgan fingerprint density at radius 1 is 1.12 bits per heavy atom. The summed E-state index contributed by atoms with van der Waals surface area (Å²) in [6.45, 7) is 8.57. The first-order valence-electron chi connectivity index (χ1n) is 11.4. The van der Waals surface area contributed by atoms with Crippen molar-refractivity contribution in [1.82, 2.24) is 14.9 Å². The maximum absolute atomic E-state index is 12.6. The topological polar surface area (TPSA) is 49.3 Å². The fraction of sp³-hybridized carbons (Fsp3) is 0.346. The molecule has 3 heterocycles. The number of para-hydroxylation sites is 2. The van der Waals surface area contributed by atoms with E-state index in [0.717, 1.165) is 52.8 Å². The maximum atomic E-state index is 12.6. The molecule has 1 aliphatic rings. The predicted octanol–water partition coefficient (Wildman–Crippen LogP) is 6.43. The summed E-state index contributed by atoms with van der Waals surface area (Å²) < 4.78 is 1.27. The second-order valence-corrected chi connectivity index (χ2v) is 10.7. The minimum Gasteiger partial charge on any atom is -0.297 e. The van der Waals surface area contributed by atoms with Gasteiger partial charge in [-0.3, -0.25) is 14.6 Å². The van der Waals surface area contributed by atoms with Crippen LogP contribution in [0.4, 0.5) is 10.8 Å². The molecule has 1 fully saturated rings. The molecule has 2 aromatic carbocycles. The smallest absolute Gasteiger partial charge is 0.230 e. The molecule has 5 rings (SSSR count). The average molecular weight is 477 g/mol. The summed E-state index contributed by atoms with van der Waals surface area (Å²) in [7, 11) is 0. The lowest BCUT2D eigenvalue weighted by atomic mass is 9.98. The number of hydrogen-bond acceptors (Lipinski definition) is 6. The molecule has 0 radical (unpaired) electrons. The molecule has 4 aromatic rings. The van der Waals surface area contributed by atoms with Crippen molar-refractivity contribution in [1.29, 1.82) is 0 Å². The van der Waals surface area contributed by atoms with E-state index in [2.05, 4.69) is 34.5 Å². The number of rotatable bonds is 5. The van der Waals surface area contributed by atoms with Crippen LogP contribution in [0.3, 0.4) is 0 Å². The van der Waals surface area contributed by atoms with Gasteiger partial charge in [0.05, 0.1) is 26.6 Å². The lowest BCUT2D eigenvalue weighted by Gasteiger charge is -2.31. The van der Waals surface area contributed by atoms with Gasteiger partial charge in [-0.25, -0.2) is 9.97 Å². The Hall–Kier alpha value is -2.61. The Morgan fingerprint density at radius 2 is 1.91 bits per heavy atom. The zero-order valence-electron chi connectivity index (χ0n) is 19.2. The number of carbonyl (C=O) groups excluding carboxylic acids is 1. The van der Waals surface area contributed by atoms with Gasteiger partial charge in [0.2, 0.25) is 5.91 Å². The van der Waals surface area contributed by atoms with Crippen LogP contribution in [-0.4, -0.2) is 33.9 Å². The number of aryl methyl sites for hydroxylation is 2. The third kappa shape index (κ3) is 4.58. The molecule has 0 N–H and O–H groups in total. The summed E-state index contributed by atoms with van der Waals surface area (Å²) in [6.07, 6.45) is 2.35. The van der Waals surface area contributed by atoms with Crippen molar-refractivity contribution < 1.29 is 4.79 Å². The van der Waals surface area contributed by atoms with E-state index in [1.54, 1.807) is 23.2 Å². The van der Waals surface area contributed by atoms with Gasteiger partial charge in [-0.2, -0.15) is 0 Å². The highest BCUT2D eigenvalue weighted by molar-refractivity contribution is 7.18. The Bertz CT molecular complexity index is 1240. The predicted molar refractivity (Wildman–Crippen MR) is 138 cm³/mol. The van der Waals surface area contributed by atoms with Gasteiger partial charge in [-0.1, -0.05) is 30.3 Å². The van der Waals surface area contributed by atoms with Crippen LogP contribution in [0.5, 0.6) is 0 Å². The number of carbonyl (C=O) groups is 1. The molecular weight excluding hydrogens is 448 g/mol. The minimum absolute atomic E-state index is 0.0119. The van der Waals surface area contributed by atoms with Gasteiger partial charge in [-0.05, 0) is 56.5 Å². The third-order valence-corrected chi connectivity index (χ3v) is 8.33. The van der Waals surface area contributed by atoms with Gasteiger partial charge in [-0.15, -0.1) is 22.7 Å². The first-order chi connectivity index (χ1) is 16.0. The van der Waals surface area contributed by atoms with Gasteiger partial charge in [0, 0.05) is 31.3 Å². The van der Waals surface area contributed by atoms with Crippen LogP contribution in [0.2, 0.25) is 0 Å². The van der Waals surface area contributed by atoms with Crippen LogP contribution >= 0.6 is 22.7 Å². The van der Waals surface area contributed by atoms with Crippen molar-refractivity contribution >= 4 is 49.6 Å². The number of hydrogen-bond donors (Lipinski definition) is 0. The Labute approximate surface area is 202 Å². The number of piperidine rings is 1. The Kier molecular flexibility index (Phi) is 6.27. The standard InChI is InChI=1S/C26H28N4OS2/c1-17-8-6-9-18(2)24(17)30(19(3)31)26-27-21(16-32-26)15-29-13-7-10-20(14-29)25-28-22-11-4-5-12-23(22)33-25/h4-6,8-9,11-12,16,20H,7,10,13-15H2,1-3H3/t20-/m0/s1. The van der Waals surface area contributed by atoms with Gasteiger partial charge in [0.15, 0.2) is 5.13 Å². The fourth-order valence-corrected chi connectivity index (χ4v) is 6.67. The number of benzene rings is 2. The number of aromatic nitrogens is 2. The molecule has 1 aliphatic heterocycles. The number of nitrogens with zero attached hydrogens (tertiary/aromatic N) is 4. The summed E-state index contributed by atoms with van der Waals surface area (Å²) in [5.41, 5.74) is 5.24. The lowest BCUT2D eigenvalue weighted by Crippen LogP contribution is -2.34. The van der Waals surface area contributed by atoms with Gasteiger partial charge in [0.25, 0.3) is 0 Å². The van der Waals surface area contributed by atoms with Crippen molar-refractivity contribution in [3.8, 4) is 0 Å². The molecule has 170 valence electrons. The highest BCUT2D eigenvalue weighted by Gasteiger charge is 2.26. The van der Waals surface area contributed by atoms with Crippen LogP contribution in [-0.2, 0) is 11.3 Å². The summed E-state index contributed by atoms with van der Waals surface area (Å²) in [4.78, 5) is 26.6. The Balaban J connectivity index is 1.33. The van der Waals surface area contributed by atoms with E-state index < -0.39 is 0 Å². The number of fused-ring (bicyclic) bond motifs is 1. The summed E-state index contributed by atoms with van der Waals surface area (Å²) in [5.74, 6) is 0.458. The first kappa shape index (κ1) is 22.2. The van der Waals surface area contributed by atoms with E-state index >= 15 is 0 Å². The second kappa shape index (κ2) is 9.33. The molecule has 33 heavy (non-hydrogen) atoms. The number of thiazole rings is 2. The van der Waals surface area contributed by atoms with Crippen LogP contribution in [0.25, 0.3) is 10.2 Å². The molecule has 7 heteroatoms. The molecule has 0 saturated carbocycles. The molecule has 0 aliphatic carbocycles. The average Bonchev–Trinajstić information content (AvgIpc) is 3.43. The molecule has 5 nitrogen and oxygen atoms in total. The minimum atomic E-state index is -0.0119. The molecular formula is C26H28N4OS2. The van der Waals surface area contributed by atoms with Crippen molar-refractivity contribution in [2.24, 2.45) is 0 Å². The van der Waals surface area contributed by atoms with E-state index in [9.17, 15) is 4.79 Å². The quantitative estimate of drug-likeness (QED) is 0.333. The van der Waals surface area contributed by atoms with Crippen molar-refractivity contribution in [2.75, 3.05) is 18.0 Å². The summed E-state index contributed by atoms with van der Waals surface area (Å²) >= 11 is 3.37. The largest absolute Gasteiger partial charge is 0.297 e. The molecule has 1 saturated heterocycles. The van der Waals surface area contributed by atoms with Crippen LogP contribution in [0.15, 0.2) is 47.8 Å². The van der Waals surface area contributed by atoms with E-state index in [1.165, 1.54) is 22.5 Å². The zero-order valence-corrected chi connectivity index (χ0v) is 20.9. The van der Waals surface area contributed by atoms with Gasteiger partial charge < -0.3 is 0 Å². The molecule has 1 amide bonds. The third-order valence-electron chi connectivity index (χ3n) is 6.26. The first-order valence-corrected chi connectivity index (χ1v) is 13.1. The normalized spacial score (nSPS) is 16.9. The van der Waals surface area contributed by atoms with E-state index in [-0.39, 0.29) is 5.91 Å². The van der Waals surface area contributed by atoms with Gasteiger partial charge >= 0.3 is 0 Å². The van der Waals surface area contributed by atoms with Crippen LogP contribution in [0.1, 0.15) is 47.5 Å². The summed E-state index contributed by atoms with van der Waals surface area (Å²) in [5, 5.41) is 4.09. The van der Waals surface area contributed by atoms with Gasteiger partial charge in [0.1, 0.15) is 0 Å². The van der Waals surface area contributed by atoms with Crippen molar-refractivity contribution in [2.45, 2.75) is 46.1 Å². The number of amides is 1. The Morgan fingerprint density at radius 3 is 2.67 bits per heavy atom. The molecule has 0 bridgehead atoms. The van der Waals surface area contributed by atoms with Crippen LogP contribution in [0, 0.1) is 13.8 Å². The van der Waals surface area contributed by atoms with Crippen LogP contribution < -0.4 is 4.90 Å². The number of likely N-dealkylation sites (tertiary alicyclic amines) is 1. The number of anilines is 2. The molecule has 0 spiro atoms. The van der Waals surface area contributed by atoms with E-state index in [0.29, 0.717) is 5.92 Å². The highest BCUT2D eigenvalue weighted by Crippen LogP contribution is 2.36. The zero-order chi connectivity index (χ0) is 22.9. The second-order valence-electron chi connectivity index (χ2n) is 8.81. The highest BCUT2D eigenvalue weighted by atomic mass is 32.1. The van der Waals surface area contributed by atoms with E-state index in [1.807, 2.05) is 43.4 Å². The molecule has 2 aromatic heterocycles. The van der Waals surface area contributed by atoms with Crippen molar-refractivity contribution in [3.63, 3.8) is 0 Å². The monoisotopic (exact) mass is 476 g/mol. The van der Waals surface area contributed by atoms with E-state index in [4.69, 9.17) is 9.97 Å². The molecule has 1 atom stereocenters. The van der Waals surface area contributed by atoms with Crippen molar-refractivity contribution in [3.05, 3.63) is 69.7 Å².